The van der Waals surface area contributed by atoms with Gasteiger partial charge in [-0.1, -0.05) is 112 Å². The van der Waals surface area contributed by atoms with Gasteiger partial charge in [0.1, 0.15) is 0 Å². The Labute approximate surface area is 159 Å². The van der Waals surface area contributed by atoms with Crippen molar-refractivity contribution in [3.8, 4) is 0 Å². The second-order valence-corrected chi connectivity index (χ2v) is 10.2. The predicted octanol–water partition coefficient (Wildman–Crippen LogP) is 8.56. The summed E-state index contributed by atoms with van der Waals surface area (Å²) in [6, 6.07) is 8.70. The Balaban J connectivity index is 0.000000504. The van der Waals surface area contributed by atoms with Gasteiger partial charge in [0, 0.05) is 0 Å². The zero-order valence-electron chi connectivity index (χ0n) is 18.6. The van der Waals surface area contributed by atoms with Crippen molar-refractivity contribution in [1.29, 1.82) is 0 Å². The summed E-state index contributed by atoms with van der Waals surface area (Å²) in [5.41, 5.74) is 4.12. The molecule has 0 aliphatic carbocycles. The first-order chi connectivity index (χ1) is 11.3. The molecule has 0 spiro atoms. The molecule has 0 saturated carbocycles. The van der Waals surface area contributed by atoms with Gasteiger partial charge in [-0.25, -0.2) is 0 Å². The molecule has 1 aromatic rings. The quantitative estimate of drug-likeness (QED) is 0.464. The molecule has 144 valence electrons. The second kappa shape index (κ2) is 10.2. The van der Waals surface area contributed by atoms with Crippen LogP contribution in [0.5, 0.6) is 0 Å². The maximum atomic E-state index is 3.76. The SMILES string of the molecule is C=Cc1ccc(CCC(C)(C)CC)cc1.CCC(C)(C)CC(C)(C)C. The van der Waals surface area contributed by atoms with Crippen LogP contribution in [0.15, 0.2) is 30.8 Å². The Bertz CT molecular complexity index is 480. The van der Waals surface area contributed by atoms with Gasteiger partial charge in [0.15, 0.2) is 0 Å². The average Bonchev–Trinajstić information content (AvgIpc) is 2.52. The maximum absolute atomic E-state index is 3.76. The van der Waals surface area contributed by atoms with Crippen molar-refractivity contribution in [1.82, 2.24) is 0 Å². The number of benzene rings is 1. The van der Waals surface area contributed by atoms with E-state index < -0.39 is 0 Å². The van der Waals surface area contributed by atoms with Crippen molar-refractivity contribution in [3.63, 3.8) is 0 Å². The van der Waals surface area contributed by atoms with Gasteiger partial charge in [-0.3, -0.25) is 0 Å². The third-order valence-corrected chi connectivity index (χ3v) is 5.23. The van der Waals surface area contributed by atoms with Crippen LogP contribution in [-0.2, 0) is 6.42 Å². The van der Waals surface area contributed by atoms with Crippen LogP contribution in [0.1, 0.15) is 99.1 Å². The number of aryl methyl sites for hydroxylation is 1. The summed E-state index contributed by atoms with van der Waals surface area (Å²) in [6.07, 6.45) is 8.17. The fourth-order valence-corrected chi connectivity index (χ4v) is 3.04. The van der Waals surface area contributed by atoms with E-state index in [0.29, 0.717) is 16.2 Å². The lowest BCUT2D eigenvalue weighted by Crippen LogP contribution is -2.19. The molecular weight excluding hydrogens is 300 g/mol. The second-order valence-electron chi connectivity index (χ2n) is 10.2. The third kappa shape index (κ3) is 12.0. The summed E-state index contributed by atoms with van der Waals surface area (Å²) in [5, 5.41) is 0. The minimum absolute atomic E-state index is 0.469. The van der Waals surface area contributed by atoms with Crippen LogP contribution in [-0.4, -0.2) is 0 Å². The summed E-state index contributed by atoms with van der Waals surface area (Å²) < 4.78 is 0. The van der Waals surface area contributed by atoms with E-state index in [1.54, 1.807) is 0 Å². The van der Waals surface area contributed by atoms with Gasteiger partial charge in [0.05, 0.1) is 0 Å². The van der Waals surface area contributed by atoms with Gasteiger partial charge in [0.25, 0.3) is 0 Å². The molecule has 0 radical (unpaired) electrons. The first-order valence-corrected chi connectivity index (χ1v) is 10.1. The summed E-state index contributed by atoms with van der Waals surface area (Å²) in [4.78, 5) is 0. The molecular formula is C25H44. The van der Waals surface area contributed by atoms with Gasteiger partial charge in [-0.15, -0.1) is 0 Å². The summed E-state index contributed by atoms with van der Waals surface area (Å²) in [6.45, 7) is 24.6. The lowest BCUT2D eigenvalue weighted by molar-refractivity contribution is 0.206. The Hall–Kier alpha value is -1.04. The largest absolute Gasteiger partial charge is 0.0985 e. The fraction of sp³-hybridized carbons (Fsp3) is 0.680. The number of hydrogen-bond acceptors (Lipinski definition) is 0. The summed E-state index contributed by atoms with van der Waals surface area (Å²) >= 11 is 0. The van der Waals surface area contributed by atoms with Crippen molar-refractivity contribution in [2.75, 3.05) is 0 Å². The average molecular weight is 345 g/mol. The minimum atomic E-state index is 0.469. The van der Waals surface area contributed by atoms with Crippen molar-refractivity contribution in [2.45, 2.75) is 94.4 Å². The van der Waals surface area contributed by atoms with Crippen molar-refractivity contribution in [3.05, 3.63) is 42.0 Å². The minimum Gasteiger partial charge on any atom is -0.0985 e. The molecule has 0 atom stereocenters. The highest BCUT2D eigenvalue weighted by molar-refractivity contribution is 5.47. The molecule has 0 fully saturated rings. The molecule has 0 unspecified atom stereocenters. The van der Waals surface area contributed by atoms with E-state index >= 15 is 0 Å². The summed E-state index contributed by atoms with van der Waals surface area (Å²) in [7, 11) is 0. The molecule has 0 aliphatic rings. The Morgan fingerprint density at radius 3 is 1.60 bits per heavy atom. The van der Waals surface area contributed by atoms with E-state index in [1.165, 1.54) is 43.2 Å². The molecule has 1 rings (SSSR count). The first-order valence-electron chi connectivity index (χ1n) is 10.1. The Morgan fingerprint density at radius 1 is 0.800 bits per heavy atom. The molecule has 0 aromatic heterocycles. The highest BCUT2D eigenvalue weighted by Crippen LogP contribution is 2.35. The standard InChI is InChI=1S/C15H22.C10H22/c1-5-13-7-9-14(10-8-13)11-12-15(3,4)6-2;1-7-10(5,6)8-9(2,3)4/h5,7-10H,1,6,11-12H2,2-4H3;7-8H2,1-6H3. The van der Waals surface area contributed by atoms with Crippen LogP contribution >= 0.6 is 0 Å². The van der Waals surface area contributed by atoms with E-state index in [9.17, 15) is 0 Å². The highest BCUT2D eigenvalue weighted by atomic mass is 14.3. The topological polar surface area (TPSA) is 0 Å². The molecule has 0 aliphatic heterocycles. The highest BCUT2D eigenvalue weighted by Gasteiger charge is 2.23. The van der Waals surface area contributed by atoms with Crippen LogP contribution in [0.25, 0.3) is 6.08 Å². The monoisotopic (exact) mass is 344 g/mol. The first kappa shape index (κ1) is 24.0. The van der Waals surface area contributed by atoms with Gasteiger partial charge >= 0.3 is 0 Å². The molecule has 25 heavy (non-hydrogen) atoms. The van der Waals surface area contributed by atoms with Crippen molar-refractivity contribution < 1.29 is 0 Å². The molecule has 0 saturated heterocycles. The van der Waals surface area contributed by atoms with E-state index in [1.807, 2.05) is 6.08 Å². The van der Waals surface area contributed by atoms with Gasteiger partial charge in [-0.05, 0) is 46.6 Å². The van der Waals surface area contributed by atoms with E-state index in [-0.39, 0.29) is 0 Å². The fourth-order valence-electron chi connectivity index (χ4n) is 3.04. The smallest absolute Gasteiger partial charge is 0.0262 e. The Kier molecular flexibility index (Phi) is 9.77. The Morgan fingerprint density at radius 2 is 1.28 bits per heavy atom. The normalized spacial score (nSPS) is 12.4. The zero-order chi connectivity index (χ0) is 19.7. The van der Waals surface area contributed by atoms with Crippen molar-refractivity contribution in [2.24, 2.45) is 16.2 Å². The molecule has 1 aromatic carbocycles. The van der Waals surface area contributed by atoms with Crippen LogP contribution in [0, 0.1) is 16.2 Å². The molecule has 0 N–H and O–H groups in total. The summed E-state index contributed by atoms with van der Waals surface area (Å²) in [5.74, 6) is 0. The van der Waals surface area contributed by atoms with Gasteiger partial charge in [0.2, 0.25) is 0 Å². The van der Waals surface area contributed by atoms with E-state index in [0.717, 1.165) is 0 Å². The lowest BCUT2D eigenvalue weighted by atomic mass is 9.75. The number of rotatable bonds is 7. The van der Waals surface area contributed by atoms with Crippen LogP contribution < -0.4 is 0 Å². The molecule has 0 heteroatoms. The third-order valence-electron chi connectivity index (χ3n) is 5.23. The van der Waals surface area contributed by atoms with Gasteiger partial charge in [-0.2, -0.15) is 0 Å². The zero-order valence-corrected chi connectivity index (χ0v) is 18.6. The predicted molar refractivity (Wildman–Crippen MR) is 117 cm³/mol. The number of hydrogen-bond donors (Lipinski definition) is 0. The van der Waals surface area contributed by atoms with Crippen molar-refractivity contribution >= 4 is 6.08 Å². The van der Waals surface area contributed by atoms with Gasteiger partial charge < -0.3 is 0 Å². The molecule has 0 nitrogen and oxygen atoms in total. The van der Waals surface area contributed by atoms with Crippen LogP contribution in [0.4, 0.5) is 0 Å². The van der Waals surface area contributed by atoms with Crippen LogP contribution in [0.2, 0.25) is 0 Å². The molecule has 0 amide bonds. The maximum Gasteiger partial charge on any atom is -0.0262 e. The molecule has 0 bridgehead atoms. The van der Waals surface area contributed by atoms with E-state index in [4.69, 9.17) is 0 Å². The lowest BCUT2D eigenvalue weighted by Gasteiger charge is -2.31. The van der Waals surface area contributed by atoms with E-state index in [2.05, 4.69) is 93.2 Å². The van der Waals surface area contributed by atoms with Crippen LogP contribution in [0.3, 0.4) is 0 Å². The molecule has 0 heterocycles.